The Labute approximate surface area is 121 Å². The first-order valence-corrected chi connectivity index (χ1v) is 8.11. The highest BCUT2D eigenvalue weighted by Gasteiger charge is 2.22. The van der Waals surface area contributed by atoms with E-state index in [1.807, 2.05) is 0 Å². The van der Waals surface area contributed by atoms with Crippen LogP contribution in [0.25, 0.3) is 4.96 Å². The van der Waals surface area contributed by atoms with Crippen LogP contribution in [-0.2, 0) is 11.2 Å². The lowest BCUT2D eigenvalue weighted by Gasteiger charge is -2.19. The van der Waals surface area contributed by atoms with Gasteiger partial charge in [-0.1, -0.05) is 37.5 Å². The van der Waals surface area contributed by atoms with E-state index in [2.05, 4.69) is 27.5 Å². The Bertz CT molecular complexity index is 599. The Hall–Kier alpha value is -1.50. The predicted molar refractivity (Wildman–Crippen MR) is 77.9 cm³/mol. The third-order valence-corrected chi connectivity index (χ3v) is 4.55. The second-order valence-corrected chi connectivity index (χ2v) is 6.25. The number of nitrogens with one attached hydrogen (secondary N) is 1. The molecule has 0 saturated heterocycles. The van der Waals surface area contributed by atoms with E-state index in [4.69, 9.17) is 0 Å². The lowest BCUT2D eigenvalue weighted by Crippen LogP contribution is -2.24. The van der Waals surface area contributed by atoms with Crippen molar-refractivity contribution in [2.45, 2.75) is 51.9 Å². The number of anilines is 1. The Morgan fingerprint density at radius 3 is 2.90 bits per heavy atom. The van der Waals surface area contributed by atoms with Crippen LogP contribution in [0.15, 0.2) is 0 Å². The van der Waals surface area contributed by atoms with Crippen LogP contribution in [0.5, 0.6) is 0 Å². The Balaban J connectivity index is 1.72. The molecule has 1 aliphatic carbocycles. The second-order valence-electron chi connectivity index (χ2n) is 5.29. The highest BCUT2D eigenvalue weighted by molar-refractivity contribution is 7.20. The minimum atomic E-state index is 0.103. The van der Waals surface area contributed by atoms with Gasteiger partial charge in [0.15, 0.2) is 5.82 Å². The lowest BCUT2D eigenvalue weighted by atomic mass is 9.89. The normalized spacial score (nSPS) is 16.6. The van der Waals surface area contributed by atoms with Crippen LogP contribution in [0.2, 0.25) is 0 Å². The molecular formula is C13H19N5OS. The molecule has 0 atom stereocenters. The quantitative estimate of drug-likeness (QED) is 0.940. The SMILES string of the molecule is CCCc1nnc2sc(NC(=O)C3CCCCC3)nn12. The van der Waals surface area contributed by atoms with Crippen molar-refractivity contribution in [3.63, 3.8) is 0 Å². The van der Waals surface area contributed by atoms with Gasteiger partial charge in [-0.05, 0) is 19.3 Å². The highest BCUT2D eigenvalue weighted by Crippen LogP contribution is 2.26. The zero-order valence-electron chi connectivity index (χ0n) is 11.6. The molecule has 2 heterocycles. The van der Waals surface area contributed by atoms with Crippen molar-refractivity contribution in [2.24, 2.45) is 5.92 Å². The zero-order chi connectivity index (χ0) is 13.9. The first-order valence-electron chi connectivity index (χ1n) is 7.30. The van der Waals surface area contributed by atoms with Crippen molar-refractivity contribution in [1.29, 1.82) is 0 Å². The molecule has 2 aromatic rings. The topological polar surface area (TPSA) is 72.2 Å². The maximum atomic E-state index is 12.2. The van der Waals surface area contributed by atoms with Gasteiger partial charge in [-0.15, -0.1) is 15.3 Å². The van der Waals surface area contributed by atoms with Gasteiger partial charge >= 0.3 is 0 Å². The molecule has 108 valence electrons. The molecule has 0 spiro atoms. The molecule has 7 heteroatoms. The molecule has 6 nitrogen and oxygen atoms in total. The fourth-order valence-electron chi connectivity index (χ4n) is 2.66. The summed E-state index contributed by atoms with van der Waals surface area (Å²) in [5.41, 5.74) is 0. The largest absolute Gasteiger partial charge is 0.300 e. The number of hydrogen-bond acceptors (Lipinski definition) is 5. The maximum Gasteiger partial charge on any atom is 0.236 e. The van der Waals surface area contributed by atoms with Gasteiger partial charge in [-0.2, -0.15) is 4.52 Å². The number of aromatic nitrogens is 4. The van der Waals surface area contributed by atoms with E-state index in [1.54, 1.807) is 4.52 Å². The van der Waals surface area contributed by atoms with Crippen molar-refractivity contribution >= 4 is 27.3 Å². The number of carbonyl (C=O) groups excluding carboxylic acids is 1. The molecule has 1 aliphatic rings. The minimum Gasteiger partial charge on any atom is -0.300 e. The van der Waals surface area contributed by atoms with E-state index in [1.165, 1.54) is 17.8 Å². The average molecular weight is 293 g/mol. The number of aryl methyl sites for hydroxylation is 1. The predicted octanol–water partition coefficient (Wildman–Crippen LogP) is 2.66. The third-order valence-electron chi connectivity index (χ3n) is 3.74. The van der Waals surface area contributed by atoms with Crippen molar-refractivity contribution in [1.82, 2.24) is 19.8 Å². The summed E-state index contributed by atoms with van der Waals surface area (Å²) in [5.74, 6) is 1.11. The zero-order valence-corrected chi connectivity index (χ0v) is 12.4. The summed E-state index contributed by atoms with van der Waals surface area (Å²) < 4.78 is 1.74. The van der Waals surface area contributed by atoms with Crippen LogP contribution in [-0.4, -0.2) is 25.7 Å². The summed E-state index contributed by atoms with van der Waals surface area (Å²) in [5, 5.41) is 16.2. The van der Waals surface area contributed by atoms with Crippen molar-refractivity contribution < 1.29 is 4.79 Å². The molecule has 0 unspecified atom stereocenters. The molecule has 20 heavy (non-hydrogen) atoms. The van der Waals surface area contributed by atoms with Crippen LogP contribution < -0.4 is 5.32 Å². The van der Waals surface area contributed by atoms with Crippen molar-refractivity contribution in [2.75, 3.05) is 5.32 Å². The summed E-state index contributed by atoms with van der Waals surface area (Å²) in [4.78, 5) is 12.9. The molecule has 1 amide bonds. The summed E-state index contributed by atoms with van der Waals surface area (Å²) >= 11 is 1.38. The molecule has 1 fully saturated rings. The first kappa shape index (κ1) is 13.5. The summed E-state index contributed by atoms with van der Waals surface area (Å²) in [6, 6.07) is 0. The van der Waals surface area contributed by atoms with Gasteiger partial charge in [0.05, 0.1) is 0 Å². The first-order chi connectivity index (χ1) is 9.78. The van der Waals surface area contributed by atoms with E-state index in [0.717, 1.165) is 49.3 Å². The molecule has 2 aromatic heterocycles. The van der Waals surface area contributed by atoms with E-state index in [9.17, 15) is 4.79 Å². The standard InChI is InChI=1S/C13H19N5OS/c1-2-6-10-15-16-13-18(10)17-12(20-13)14-11(19)9-7-4-3-5-8-9/h9H,2-8H2,1H3,(H,14,17,19). The molecule has 0 aromatic carbocycles. The Kier molecular flexibility index (Phi) is 3.95. The number of hydrogen-bond donors (Lipinski definition) is 1. The highest BCUT2D eigenvalue weighted by atomic mass is 32.1. The maximum absolute atomic E-state index is 12.2. The fourth-order valence-corrected chi connectivity index (χ4v) is 3.42. The van der Waals surface area contributed by atoms with Crippen molar-refractivity contribution in [3.8, 4) is 0 Å². The summed E-state index contributed by atoms with van der Waals surface area (Å²) in [6.07, 6.45) is 7.41. The molecule has 3 rings (SSSR count). The van der Waals surface area contributed by atoms with Gasteiger partial charge in [0, 0.05) is 12.3 Å². The van der Waals surface area contributed by atoms with Gasteiger partial charge in [0.1, 0.15) is 0 Å². The monoisotopic (exact) mass is 293 g/mol. The van der Waals surface area contributed by atoms with Crippen LogP contribution in [0, 0.1) is 5.92 Å². The number of amides is 1. The second kappa shape index (κ2) is 5.87. The van der Waals surface area contributed by atoms with Gasteiger partial charge in [-0.3, -0.25) is 4.79 Å². The minimum absolute atomic E-state index is 0.103. The molecule has 1 saturated carbocycles. The molecule has 1 N–H and O–H groups in total. The van der Waals surface area contributed by atoms with E-state index >= 15 is 0 Å². The molecular weight excluding hydrogens is 274 g/mol. The number of rotatable bonds is 4. The van der Waals surface area contributed by atoms with Crippen molar-refractivity contribution in [3.05, 3.63) is 5.82 Å². The number of nitrogens with zero attached hydrogens (tertiary/aromatic N) is 4. The van der Waals surface area contributed by atoms with Crippen LogP contribution in [0.3, 0.4) is 0 Å². The third kappa shape index (κ3) is 2.67. The molecule has 0 radical (unpaired) electrons. The fraction of sp³-hybridized carbons (Fsp3) is 0.692. The number of carbonyl (C=O) groups is 1. The molecule has 0 aliphatic heterocycles. The van der Waals surface area contributed by atoms with E-state index < -0.39 is 0 Å². The Morgan fingerprint density at radius 2 is 2.15 bits per heavy atom. The van der Waals surface area contributed by atoms with Crippen LogP contribution >= 0.6 is 11.3 Å². The van der Waals surface area contributed by atoms with E-state index in [-0.39, 0.29) is 11.8 Å². The lowest BCUT2D eigenvalue weighted by molar-refractivity contribution is -0.120. The van der Waals surface area contributed by atoms with Gasteiger partial charge < -0.3 is 5.32 Å². The average Bonchev–Trinajstić information content (AvgIpc) is 3.02. The smallest absolute Gasteiger partial charge is 0.236 e. The molecule has 0 bridgehead atoms. The van der Waals surface area contributed by atoms with Gasteiger partial charge in [0.2, 0.25) is 16.0 Å². The van der Waals surface area contributed by atoms with Crippen LogP contribution in [0.4, 0.5) is 5.13 Å². The van der Waals surface area contributed by atoms with Crippen LogP contribution in [0.1, 0.15) is 51.3 Å². The Morgan fingerprint density at radius 1 is 1.35 bits per heavy atom. The van der Waals surface area contributed by atoms with E-state index in [0.29, 0.717) is 5.13 Å². The van der Waals surface area contributed by atoms with Gasteiger partial charge in [-0.25, -0.2) is 0 Å². The summed E-state index contributed by atoms with van der Waals surface area (Å²) in [7, 11) is 0. The van der Waals surface area contributed by atoms with Gasteiger partial charge in [0.25, 0.3) is 0 Å². The summed E-state index contributed by atoms with van der Waals surface area (Å²) in [6.45, 7) is 2.10. The number of fused-ring (bicyclic) bond motifs is 1.